The molecule has 0 unspecified atom stereocenters. The van der Waals surface area contributed by atoms with Crippen LogP contribution in [0.15, 0.2) is 73.0 Å². The van der Waals surface area contributed by atoms with E-state index in [4.69, 9.17) is 30.9 Å². The SMILES string of the molecule is C=CCOC(=O)C1=C[C@H](c2ccc(Cl)cc2)C[C@H](OCc2ccc(CO)cc2)O1. The summed E-state index contributed by atoms with van der Waals surface area (Å²) < 4.78 is 16.8. The molecule has 6 heteroatoms. The number of esters is 1. The van der Waals surface area contributed by atoms with Crippen LogP contribution in [-0.2, 0) is 32.2 Å². The number of ether oxygens (including phenoxy) is 3. The van der Waals surface area contributed by atoms with E-state index in [1.54, 1.807) is 6.08 Å². The lowest BCUT2D eigenvalue weighted by atomic mass is 9.93. The van der Waals surface area contributed by atoms with Crippen molar-refractivity contribution in [2.24, 2.45) is 0 Å². The first-order valence-electron chi connectivity index (χ1n) is 9.31. The fraction of sp³-hybridized carbons (Fsp3) is 0.261. The third-order valence-corrected chi connectivity index (χ3v) is 4.78. The lowest BCUT2D eigenvalue weighted by Gasteiger charge is -2.29. The van der Waals surface area contributed by atoms with E-state index in [0.29, 0.717) is 18.1 Å². The zero-order chi connectivity index (χ0) is 20.6. The number of aliphatic hydroxyl groups excluding tert-OH is 1. The van der Waals surface area contributed by atoms with Crippen molar-refractivity contribution in [2.75, 3.05) is 6.61 Å². The Balaban J connectivity index is 1.73. The lowest BCUT2D eigenvalue weighted by Crippen LogP contribution is -2.27. The molecule has 2 atom stereocenters. The van der Waals surface area contributed by atoms with Gasteiger partial charge < -0.3 is 19.3 Å². The second-order valence-electron chi connectivity index (χ2n) is 6.64. The number of benzene rings is 2. The molecule has 2 aromatic rings. The molecule has 0 bridgehead atoms. The van der Waals surface area contributed by atoms with E-state index in [0.717, 1.165) is 16.7 Å². The molecule has 3 rings (SSSR count). The highest BCUT2D eigenvalue weighted by atomic mass is 35.5. The van der Waals surface area contributed by atoms with E-state index in [-0.39, 0.29) is 24.9 Å². The summed E-state index contributed by atoms with van der Waals surface area (Å²) in [4.78, 5) is 12.3. The Labute approximate surface area is 175 Å². The lowest BCUT2D eigenvalue weighted by molar-refractivity contribution is -0.163. The first-order valence-corrected chi connectivity index (χ1v) is 9.69. The molecular weight excluding hydrogens is 392 g/mol. The van der Waals surface area contributed by atoms with Crippen LogP contribution in [0.3, 0.4) is 0 Å². The molecule has 1 heterocycles. The van der Waals surface area contributed by atoms with Crippen LogP contribution in [0.5, 0.6) is 0 Å². The van der Waals surface area contributed by atoms with E-state index in [1.165, 1.54) is 6.08 Å². The zero-order valence-electron chi connectivity index (χ0n) is 15.9. The van der Waals surface area contributed by atoms with Gasteiger partial charge in [-0.25, -0.2) is 4.79 Å². The summed E-state index contributed by atoms with van der Waals surface area (Å²) in [7, 11) is 0. The number of carbonyl (C=O) groups excluding carboxylic acids is 1. The minimum absolute atomic E-state index is 0.00335. The summed E-state index contributed by atoms with van der Waals surface area (Å²) in [5.74, 6) is -0.503. The predicted octanol–water partition coefficient (Wildman–Crippen LogP) is 4.49. The van der Waals surface area contributed by atoms with Gasteiger partial charge in [0.2, 0.25) is 12.0 Å². The number of hydrogen-bond acceptors (Lipinski definition) is 5. The summed E-state index contributed by atoms with van der Waals surface area (Å²) in [6.45, 7) is 3.97. The second kappa shape index (κ2) is 10.3. The largest absolute Gasteiger partial charge is 0.458 e. The van der Waals surface area contributed by atoms with Crippen LogP contribution < -0.4 is 0 Å². The molecule has 1 N–H and O–H groups in total. The molecule has 0 fully saturated rings. The van der Waals surface area contributed by atoms with Gasteiger partial charge in [-0.1, -0.05) is 60.7 Å². The van der Waals surface area contributed by atoms with Gasteiger partial charge in [-0.15, -0.1) is 0 Å². The molecule has 0 aliphatic carbocycles. The van der Waals surface area contributed by atoms with Crippen molar-refractivity contribution in [3.63, 3.8) is 0 Å². The Morgan fingerprint density at radius 2 is 1.86 bits per heavy atom. The Kier molecular flexibility index (Phi) is 7.47. The highest BCUT2D eigenvalue weighted by Crippen LogP contribution is 2.32. The molecule has 1 aliphatic rings. The number of rotatable bonds is 8. The van der Waals surface area contributed by atoms with Crippen LogP contribution in [0.1, 0.15) is 29.0 Å². The molecule has 0 saturated carbocycles. The van der Waals surface area contributed by atoms with Crippen LogP contribution in [0, 0.1) is 0 Å². The van der Waals surface area contributed by atoms with Gasteiger partial charge >= 0.3 is 5.97 Å². The van der Waals surface area contributed by atoms with Crippen molar-refractivity contribution in [3.05, 3.63) is 94.7 Å². The van der Waals surface area contributed by atoms with Gasteiger partial charge in [0.05, 0.1) is 13.2 Å². The van der Waals surface area contributed by atoms with E-state index in [9.17, 15) is 4.79 Å². The average molecular weight is 415 g/mol. The molecule has 0 spiro atoms. The fourth-order valence-corrected chi connectivity index (χ4v) is 3.11. The monoisotopic (exact) mass is 414 g/mol. The normalized spacial score (nSPS) is 18.5. The van der Waals surface area contributed by atoms with E-state index in [2.05, 4.69) is 6.58 Å². The minimum Gasteiger partial charge on any atom is -0.458 e. The first-order chi connectivity index (χ1) is 14.1. The van der Waals surface area contributed by atoms with Gasteiger partial charge in [0.25, 0.3) is 0 Å². The molecule has 2 aromatic carbocycles. The Bertz CT molecular complexity index is 858. The van der Waals surface area contributed by atoms with Crippen molar-refractivity contribution in [3.8, 4) is 0 Å². The van der Waals surface area contributed by atoms with Crippen LogP contribution in [0.25, 0.3) is 0 Å². The van der Waals surface area contributed by atoms with E-state index < -0.39 is 12.3 Å². The Morgan fingerprint density at radius 1 is 1.17 bits per heavy atom. The van der Waals surface area contributed by atoms with Gasteiger partial charge in [-0.2, -0.15) is 0 Å². The second-order valence-corrected chi connectivity index (χ2v) is 7.08. The predicted molar refractivity (Wildman–Crippen MR) is 110 cm³/mol. The molecule has 1 aliphatic heterocycles. The number of aliphatic hydroxyl groups is 1. The van der Waals surface area contributed by atoms with Gasteiger partial charge in [0.1, 0.15) is 6.61 Å². The van der Waals surface area contributed by atoms with Gasteiger partial charge in [0.15, 0.2) is 0 Å². The number of carbonyl (C=O) groups is 1. The molecule has 152 valence electrons. The average Bonchev–Trinajstić information content (AvgIpc) is 2.76. The fourth-order valence-electron chi connectivity index (χ4n) is 2.98. The third kappa shape index (κ3) is 5.94. The molecule has 0 amide bonds. The standard InChI is InChI=1S/C23H23ClO5/c1-2-11-27-23(26)21-12-19(18-7-9-20(24)10-8-18)13-22(29-21)28-15-17-5-3-16(14-25)4-6-17/h2-10,12,19,22,25H,1,11,13-15H2/t19-,22+/m0/s1. The van der Waals surface area contributed by atoms with Crippen molar-refractivity contribution < 1.29 is 24.1 Å². The zero-order valence-corrected chi connectivity index (χ0v) is 16.7. The molecule has 0 aromatic heterocycles. The van der Waals surface area contributed by atoms with Crippen molar-refractivity contribution in [1.82, 2.24) is 0 Å². The van der Waals surface area contributed by atoms with Crippen LogP contribution in [-0.4, -0.2) is 24.0 Å². The summed E-state index contributed by atoms with van der Waals surface area (Å²) >= 11 is 5.99. The first kappa shape index (κ1) is 21.1. The summed E-state index contributed by atoms with van der Waals surface area (Å²) in [5.41, 5.74) is 2.78. The number of halogens is 1. The molecule has 5 nitrogen and oxygen atoms in total. The van der Waals surface area contributed by atoms with Crippen molar-refractivity contribution >= 4 is 17.6 Å². The maximum absolute atomic E-state index is 12.3. The van der Waals surface area contributed by atoms with Crippen LogP contribution >= 0.6 is 11.6 Å². The van der Waals surface area contributed by atoms with Crippen molar-refractivity contribution in [2.45, 2.75) is 31.8 Å². The topological polar surface area (TPSA) is 65.0 Å². The number of hydrogen-bond donors (Lipinski definition) is 1. The third-order valence-electron chi connectivity index (χ3n) is 4.53. The molecule has 29 heavy (non-hydrogen) atoms. The van der Waals surface area contributed by atoms with E-state index >= 15 is 0 Å². The van der Waals surface area contributed by atoms with Crippen LogP contribution in [0.2, 0.25) is 5.02 Å². The molecule has 0 radical (unpaired) electrons. The quantitative estimate of drug-likeness (QED) is 0.509. The highest BCUT2D eigenvalue weighted by Gasteiger charge is 2.29. The Morgan fingerprint density at radius 3 is 2.52 bits per heavy atom. The maximum Gasteiger partial charge on any atom is 0.373 e. The van der Waals surface area contributed by atoms with Gasteiger partial charge in [-0.3, -0.25) is 0 Å². The van der Waals surface area contributed by atoms with Gasteiger partial charge in [0, 0.05) is 17.4 Å². The van der Waals surface area contributed by atoms with Crippen molar-refractivity contribution in [1.29, 1.82) is 0 Å². The van der Waals surface area contributed by atoms with Crippen LogP contribution in [0.4, 0.5) is 0 Å². The number of allylic oxidation sites excluding steroid dienone is 1. The smallest absolute Gasteiger partial charge is 0.373 e. The molecule has 0 saturated heterocycles. The van der Waals surface area contributed by atoms with Gasteiger partial charge in [-0.05, 0) is 34.9 Å². The van der Waals surface area contributed by atoms with E-state index in [1.807, 2.05) is 48.5 Å². The maximum atomic E-state index is 12.3. The molecular formula is C23H23ClO5. The summed E-state index contributed by atoms with van der Waals surface area (Å²) in [6.07, 6.45) is 3.20. The highest BCUT2D eigenvalue weighted by molar-refractivity contribution is 6.30. The summed E-state index contributed by atoms with van der Waals surface area (Å²) in [6, 6.07) is 14.9. The summed E-state index contributed by atoms with van der Waals surface area (Å²) in [5, 5.41) is 9.79. The Hall–Kier alpha value is -2.60. The minimum atomic E-state index is -0.607.